The second-order valence-electron chi connectivity index (χ2n) is 12.8. The number of imide groups is 2. The molecule has 1 heterocycles. The van der Waals surface area contributed by atoms with Gasteiger partial charge in [-0.2, -0.15) is 0 Å². The molecular formula is C35H31BrCl2N2O5. The number of anilines is 1. The molecule has 10 heteroatoms. The Hall–Kier alpha value is -3.33. The molecule has 3 aromatic rings. The number of hydrogen-bond donors (Lipinski definition) is 1. The second kappa shape index (κ2) is 11.8. The van der Waals surface area contributed by atoms with Crippen LogP contribution in [-0.2, 0) is 21.6 Å². The van der Waals surface area contributed by atoms with Gasteiger partial charge in [0.25, 0.3) is 11.8 Å². The molecule has 5 aliphatic rings. The molecule has 0 atom stereocenters. The van der Waals surface area contributed by atoms with E-state index in [4.69, 9.17) is 32.7 Å². The highest BCUT2D eigenvalue weighted by molar-refractivity contribution is 9.10. The van der Waals surface area contributed by atoms with E-state index in [-0.39, 0.29) is 17.6 Å². The number of ether oxygens (including phenoxy) is 2. The fraction of sp³-hybridized carbons (Fsp3) is 0.343. The average molecular weight is 710 g/mol. The maximum atomic E-state index is 13.7. The zero-order chi connectivity index (χ0) is 31.5. The van der Waals surface area contributed by atoms with Gasteiger partial charge in [-0.15, -0.1) is 0 Å². The molecule has 5 fully saturated rings. The van der Waals surface area contributed by atoms with E-state index < -0.39 is 17.8 Å². The lowest BCUT2D eigenvalue weighted by Gasteiger charge is -2.57. The van der Waals surface area contributed by atoms with Crippen molar-refractivity contribution in [3.8, 4) is 11.5 Å². The molecular weight excluding hydrogens is 679 g/mol. The van der Waals surface area contributed by atoms with E-state index in [1.54, 1.807) is 30.3 Å². The minimum atomic E-state index is -0.772. The molecule has 3 aromatic carbocycles. The molecule has 4 saturated carbocycles. The fourth-order valence-corrected chi connectivity index (χ4v) is 9.10. The van der Waals surface area contributed by atoms with E-state index in [2.05, 4.69) is 33.4 Å². The van der Waals surface area contributed by atoms with E-state index in [0.29, 0.717) is 37.3 Å². The van der Waals surface area contributed by atoms with E-state index in [1.165, 1.54) is 57.3 Å². The van der Waals surface area contributed by atoms with Gasteiger partial charge in [-0.05, 0) is 115 Å². The van der Waals surface area contributed by atoms with Gasteiger partial charge in [-0.3, -0.25) is 14.9 Å². The average Bonchev–Trinajstić information content (AvgIpc) is 2.99. The second-order valence-corrected chi connectivity index (χ2v) is 14.4. The van der Waals surface area contributed by atoms with Gasteiger partial charge < -0.3 is 9.47 Å². The summed E-state index contributed by atoms with van der Waals surface area (Å²) in [6.07, 6.45) is 9.18. The van der Waals surface area contributed by atoms with Crippen LogP contribution < -0.4 is 19.7 Å². The summed E-state index contributed by atoms with van der Waals surface area (Å²) in [5.74, 6) is 1.77. The standard InChI is InChI=1S/C35H31BrCl2N2O5/c1-44-30-12-23(28(36)14-31(30)45-18-22-2-5-25(37)13-29(22)38)11-27-32(41)39-34(43)40(33(27)42)26-6-3-24(4-7-26)35-15-19-8-20(16-35)10-21(9-19)17-35/h2-7,11-14,19-21H,8-10,15-18H2,1H3,(H,39,41,43)/b27-11+. The zero-order valence-electron chi connectivity index (χ0n) is 24.6. The van der Waals surface area contributed by atoms with Gasteiger partial charge in [0, 0.05) is 20.1 Å². The third kappa shape index (κ3) is 5.66. The van der Waals surface area contributed by atoms with Crippen molar-refractivity contribution in [1.29, 1.82) is 0 Å². The van der Waals surface area contributed by atoms with Gasteiger partial charge in [0.1, 0.15) is 12.2 Å². The minimum absolute atomic E-state index is 0.166. The Kier molecular flexibility index (Phi) is 7.95. The molecule has 0 unspecified atom stereocenters. The lowest BCUT2D eigenvalue weighted by atomic mass is 9.48. The maximum Gasteiger partial charge on any atom is 0.335 e. The first-order valence-corrected chi connectivity index (χ1v) is 16.6. The number of urea groups is 1. The predicted molar refractivity (Wildman–Crippen MR) is 177 cm³/mol. The highest BCUT2D eigenvalue weighted by atomic mass is 79.9. The van der Waals surface area contributed by atoms with Crippen LogP contribution in [0.25, 0.3) is 6.08 Å². The first kappa shape index (κ1) is 30.3. The van der Waals surface area contributed by atoms with Gasteiger partial charge in [0.15, 0.2) is 11.5 Å². The number of nitrogens with one attached hydrogen (secondary N) is 1. The predicted octanol–water partition coefficient (Wildman–Crippen LogP) is 8.48. The van der Waals surface area contributed by atoms with Gasteiger partial charge in [-0.1, -0.05) is 57.3 Å². The summed E-state index contributed by atoms with van der Waals surface area (Å²) in [4.78, 5) is 40.6. The first-order chi connectivity index (χ1) is 21.6. The molecule has 232 valence electrons. The van der Waals surface area contributed by atoms with E-state index in [1.807, 2.05) is 12.1 Å². The van der Waals surface area contributed by atoms with Gasteiger partial charge in [0.05, 0.1) is 12.8 Å². The van der Waals surface area contributed by atoms with Crippen molar-refractivity contribution < 1.29 is 23.9 Å². The van der Waals surface area contributed by atoms with Crippen molar-refractivity contribution in [2.75, 3.05) is 12.0 Å². The minimum Gasteiger partial charge on any atom is -0.493 e. The lowest BCUT2D eigenvalue weighted by Crippen LogP contribution is -2.54. The molecule has 0 aromatic heterocycles. The molecule has 1 saturated heterocycles. The summed E-state index contributed by atoms with van der Waals surface area (Å²) in [5.41, 5.74) is 2.97. The SMILES string of the molecule is COc1cc(/C=C2\C(=O)NC(=O)N(c3ccc(C45CC6CC(CC(C6)C4)C5)cc3)C2=O)c(Br)cc1OCc1ccc(Cl)cc1Cl. The number of rotatable bonds is 7. The van der Waals surface area contributed by atoms with E-state index in [0.717, 1.165) is 28.2 Å². The summed E-state index contributed by atoms with van der Waals surface area (Å²) < 4.78 is 12.1. The summed E-state index contributed by atoms with van der Waals surface area (Å²) in [7, 11) is 1.49. The number of nitrogens with zero attached hydrogens (tertiary/aromatic N) is 1. The zero-order valence-corrected chi connectivity index (χ0v) is 27.7. The Morgan fingerprint density at radius 1 is 0.933 bits per heavy atom. The van der Waals surface area contributed by atoms with Gasteiger partial charge in [-0.25, -0.2) is 9.69 Å². The van der Waals surface area contributed by atoms with Gasteiger partial charge >= 0.3 is 6.03 Å². The van der Waals surface area contributed by atoms with Crippen molar-refractivity contribution in [3.05, 3.63) is 91.4 Å². The number of halogens is 3. The summed E-state index contributed by atoms with van der Waals surface area (Å²) in [5, 5.41) is 3.33. The molecule has 0 spiro atoms. The monoisotopic (exact) mass is 708 g/mol. The number of barbiturate groups is 1. The number of benzene rings is 3. The Morgan fingerprint density at radius 3 is 2.22 bits per heavy atom. The van der Waals surface area contributed by atoms with Crippen LogP contribution in [0.4, 0.5) is 10.5 Å². The van der Waals surface area contributed by atoms with Crippen LogP contribution in [0, 0.1) is 17.8 Å². The van der Waals surface area contributed by atoms with Crippen molar-refractivity contribution >= 4 is 68.7 Å². The highest BCUT2D eigenvalue weighted by Crippen LogP contribution is 2.60. The van der Waals surface area contributed by atoms with Crippen molar-refractivity contribution in [2.45, 2.75) is 50.5 Å². The first-order valence-electron chi connectivity index (χ1n) is 15.1. The number of amides is 4. The number of methoxy groups -OCH3 is 1. The molecule has 4 amide bonds. The smallest absolute Gasteiger partial charge is 0.335 e. The molecule has 1 aliphatic heterocycles. The Morgan fingerprint density at radius 2 is 1.60 bits per heavy atom. The Labute approximate surface area is 280 Å². The van der Waals surface area contributed by atoms with Crippen LogP contribution in [0.15, 0.2) is 64.6 Å². The fourth-order valence-electron chi connectivity index (χ4n) is 8.20. The quantitative estimate of drug-likeness (QED) is 0.197. The maximum absolute atomic E-state index is 13.7. The van der Waals surface area contributed by atoms with Gasteiger partial charge in [0.2, 0.25) is 0 Å². The summed E-state index contributed by atoms with van der Waals surface area (Å²) >= 11 is 15.8. The third-order valence-electron chi connectivity index (χ3n) is 9.86. The van der Waals surface area contributed by atoms with Crippen LogP contribution in [-0.4, -0.2) is 25.0 Å². The third-order valence-corrected chi connectivity index (χ3v) is 11.1. The largest absolute Gasteiger partial charge is 0.493 e. The molecule has 0 radical (unpaired) electrons. The summed E-state index contributed by atoms with van der Waals surface area (Å²) in [6.45, 7) is 0.166. The van der Waals surface area contributed by atoms with E-state index >= 15 is 0 Å². The van der Waals surface area contributed by atoms with Crippen molar-refractivity contribution in [2.24, 2.45) is 17.8 Å². The number of carbonyl (C=O) groups excluding carboxylic acids is 3. The molecule has 4 bridgehead atoms. The lowest BCUT2D eigenvalue weighted by molar-refractivity contribution is -0.122. The highest BCUT2D eigenvalue weighted by Gasteiger charge is 2.51. The molecule has 7 nitrogen and oxygen atoms in total. The molecule has 8 rings (SSSR count). The molecule has 1 N–H and O–H groups in total. The molecule has 4 aliphatic carbocycles. The topological polar surface area (TPSA) is 84.9 Å². The number of carbonyl (C=O) groups is 3. The molecule has 45 heavy (non-hydrogen) atoms. The summed E-state index contributed by atoms with van der Waals surface area (Å²) in [6, 6.07) is 15.5. The Bertz CT molecular complexity index is 1720. The van der Waals surface area contributed by atoms with E-state index in [9.17, 15) is 14.4 Å². The van der Waals surface area contributed by atoms with Crippen LogP contribution in [0.5, 0.6) is 11.5 Å². The van der Waals surface area contributed by atoms with Crippen molar-refractivity contribution in [1.82, 2.24) is 5.32 Å². The number of hydrogen-bond acceptors (Lipinski definition) is 5. The van der Waals surface area contributed by atoms with Crippen LogP contribution >= 0.6 is 39.1 Å². The van der Waals surface area contributed by atoms with Crippen LogP contribution in [0.3, 0.4) is 0 Å². The van der Waals surface area contributed by atoms with Crippen LogP contribution in [0.2, 0.25) is 10.0 Å². The van der Waals surface area contributed by atoms with Crippen molar-refractivity contribution in [3.63, 3.8) is 0 Å². The van der Waals surface area contributed by atoms with Crippen LogP contribution in [0.1, 0.15) is 55.2 Å². The Balaban J connectivity index is 1.13. The normalized spacial score (nSPS) is 26.4.